The van der Waals surface area contributed by atoms with Crippen LogP contribution in [0.4, 0.5) is 4.39 Å². The number of carboxylic acid groups (broad SMARTS) is 1. The molecule has 0 saturated carbocycles. The van der Waals surface area contributed by atoms with Crippen LogP contribution in [0, 0.1) is 12.7 Å². The van der Waals surface area contributed by atoms with Gasteiger partial charge in [0.1, 0.15) is 11.9 Å². The quantitative estimate of drug-likeness (QED) is 0.724. The van der Waals surface area contributed by atoms with Crippen LogP contribution in [0.25, 0.3) is 0 Å². The highest BCUT2D eigenvalue weighted by Gasteiger charge is 2.17. The summed E-state index contributed by atoms with van der Waals surface area (Å²) in [6.07, 6.45) is 0. The van der Waals surface area contributed by atoms with Crippen molar-refractivity contribution >= 4 is 5.97 Å². The lowest BCUT2D eigenvalue weighted by Crippen LogP contribution is -2.21. The van der Waals surface area contributed by atoms with Gasteiger partial charge >= 0.3 is 5.97 Å². The van der Waals surface area contributed by atoms with Gasteiger partial charge in [0.25, 0.3) is 0 Å². The second-order valence-corrected chi connectivity index (χ2v) is 2.77. The summed E-state index contributed by atoms with van der Waals surface area (Å²) in [5.41, 5.74) is 5.94. The van der Waals surface area contributed by atoms with Gasteiger partial charge in [0, 0.05) is 0 Å². The third-order valence-corrected chi connectivity index (χ3v) is 1.91. The van der Waals surface area contributed by atoms with Gasteiger partial charge in [0.2, 0.25) is 0 Å². The molecule has 0 aromatic heterocycles. The average Bonchev–Trinajstić information content (AvgIpc) is 2.08. The number of benzene rings is 1. The summed E-state index contributed by atoms with van der Waals surface area (Å²) >= 11 is 0. The number of hydrogen-bond acceptors (Lipinski definition) is 2. The number of nitrogens with two attached hydrogens (primary N) is 1. The highest BCUT2D eigenvalue weighted by Crippen LogP contribution is 2.18. The summed E-state index contributed by atoms with van der Waals surface area (Å²) in [7, 11) is 0. The molecular weight excluding hydrogens is 173 g/mol. The molecule has 0 aliphatic rings. The zero-order valence-corrected chi connectivity index (χ0v) is 7.12. The Kier molecular flexibility index (Phi) is 2.63. The molecule has 1 rings (SSSR count). The Morgan fingerprint density at radius 3 is 2.77 bits per heavy atom. The van der Waals surface area contributed by atoms with Crippen LogP contribution in [0.2, 0.25) is 0 Å². The maximum Gasteiger partial charge on any atom is 0.325 e. The van der Waals surface area contributed by atoms with Crippen molar-refractivity contribution in [1.82, 2.24) is 0 Å². The molecule has 3 nitrogen and oxygen atoms in total. The Hall–Kier alpha value is -1.42. The van der Waals surface area contributed by atoms with Gasteiger partial charge in [-0.05, 0) is 24.1 Å². The molecule has 13 heavy (non-hydrogen) atoms. The zero-order valence-electron chi connectivity index (χ0n) is 7.12. The molecule has 0 amide bonds. The van der Waals surface area contributed by atoms with Gasteiger partial charge in [-0.2, -0.15) is 0 Å². The smallest absolute Gasteiger partial charge is 0.325 e. The van der Waals surface area contributed by atoms with Crippen LogP contribution in [0.3, 0.4) is 0 Å². The van der Waals surface area contributed by atoms with E-state index < -0.39 is 17.8 Å². The fraction of sp³-hybridized carbons (Fsp3) is 0.222. The first-order valence-corrected chi connectivity index (χ1v) is 3.77. The van der Waals surface area contributed by atoms with Gasteiger partial charge in [0.05, 0.1) is 0 Å². The molecule has 1 atom stereocenters. The predicted molar refractivity (Wildman–Crippen MR) is 45.7 cm³/mol. The third-order valence-electron chi connectivity index (χ3n) is 1.91. The largest absolute Gasteiger partial charge is 0.480 e. The standard InChI is InChI=1S/C9H10FNO2/c1-5-6(8(11)9(12)13)3-2-4-7(5)10/h2-4,8H,11H2,1H3,(H,12,13). The lowest BCUT2D eigenvalue weighted by atomic mass is 10.0. The van der Waals surface area contributed by atoms with E-state index in [4.69, 9.17) is 10.8 Å². The molecule has 0 aliphatic carbocycles. The van der Waals surface area contributed by atoms with E-state index in [0.29, 0.717) is 5.56 Å². The summed E-state index contributed by atoms with van der Waals surface area (Å²) in [5.74, 6) is -1.59. The van der Waals surface area contributed by atoms with Gasteiger partial charge in [-0.1, -0.05) is 12.1 Å². The summed E-state index contributed by atoms with van der Waals surface area (Å²) in [6.45, 7) is 1.51. The minimum Gasteiger partial charge on any atom is -0.480 e. The number of halogens is 1. The highest BCUT2D eigenvalue weighted by atomic mass is 19.1. The molecule has 3 N–H and O–H groups in total. The van der Waals surface area contributed by atoms with Crippen molar-refractivity contribution in [3.05, 3.63) is 35.1 Å². The predicted octanol–water partition coefficient (Wildman–Crippen LogP) is 1.22. The van der Waals surface area contributed by atoms with Crippen LogP contribution in [0.15, 0.2) is 18.2 Å². The second kappa shape index (κ2) is 3.53. The van der Waals surface area contributed by atoms with Gasteiger partial charge in [-0.15, -0.1) is 0 Å². The van der Waals surface area contributed by atoms with Crippen molar-refractivity contribution in [3.8, 4) is 0 Å². The Bertz CT molecular complexity index is 338. The Balaban J connectivity index is 3.15. The molecule has 0 spiro atoms. The van der Waals surface area contributed by atoms with Gasteiger partial charge in [-0.3, -0.25) is 4.79 Å². The highest BCUT2D eigenvalue weighted by molar-refractivity contribution is 5.75. The van der Waals surface area contributed by atoms with E-state index in [9.17, 15) is 9.18 Å². The van der Waals surface area contributed by atoms with Crippen LogP contribution < -0.4 is 5.73 Å². The lowest BCUT2D eigenvalue weighted by molar-refractivity contribution is -0.138. The maximum absolute atomic E-state index is 13.0. The molecule has 0 saturated heterocycles. The fourth-order valence-electron chi connectivity index (χ4n) is 1.09. The van der Waals surface area contributed by atoms with E-state index in [0.717, 1.165) is 0 Å². The zero-order chi connectivity index (χ0) is 10.0. The van der Waals surface area contributed by atoms with E-state index in [1.54, 1.807) is 0 Å². The van der Waals surface area contributed by atoms with Gasteiger partial charge in [-0.25, -0.2) is 4.39 Å². The van der Waals surface area contributed by atoms with Crippen LogP contribution in [-0.4, -0.2) is 11.1 Å². The normalized spacial score (nSPS) is 12.5. The molecule has 0 heterocycles. The Labute approximate surface area is 75.0 Å². The van der Waals surface area contributed by atoms with Crippen molar-refractivity contribution in [2.45, 2.75) is 13.0 Å². The van der Waals surface area contributed by atoms with E-state index >= 15 is 0 Å². The first-order chi connectivity index (χ1) is 6.04. The van der Waals surface area contributed by atoms with Crippen LogP contribution in [0.5, 0.6) is 0 Å². The minimum absolute atomic E-state index is 0.289. The molecule has 1 aromatic rings. The van der Waals surface area contributed by atoms with Crippen LogP contribution >= 0.6 is 0 Å². The Morgan fingerprint density at radius 2 is 2.23 bits per heavy atom. The van der Waals surface area contributed by atoms with Crippen molar-refractivity contribution in [3.63, 3.8) is 0 Å². The van der Waals surface area contributed by atoms with Crippen molar-refractivity contribution in [1.29, 1.82) is 0 Å². The van der Waals surface area contributed by atoms with Gasteiger partial charge < -0.3 is 10.8 Å². The molecule has 70 valence electrons. The molecule has 4 heteroatoms. The number of rotatable bonds is 2. The third kappa shape index (κ3) is 1.84. The molecular formula is C9H10FNO2. The monoisotopic (exact) mass is 183 g/mol. The summed E-state index contributed by atoms with van der Waals surface area (Å²) in [6, 6.07) is 3.07. The topological polar surface area (TPSA) is 63.3 Å². The van der Waals surface area contributed by atoms with Crippen molar-refractivity contribution in [2.24, 2.45) is 5.73 Å². The molecule has 0 bridgehead atoms. The number of hydrogen-bond donors (Lipinski definition) is 2. The van der Waals surface area contributed by atoms with Gasteiger partial charge in [0.15, 0.2) is 0 Å². The summed E-state index contributed by atoms with van der Waals surface area (Å²) in [5, 5.41) is 8.60. The number of aliphatic carboxylic acids is 1. The number of carbonyl (C=O) groups is 1. The minimum atomic E-state index is -1.16. The Morgan fingerprint density at radius 1 is 1.62 bits per heavy atom. The summed E-state index contributed by atoms with van der Waals surface area (Å²) in [4.78, 5) is 10.5. The maximum atomic E-state index is 13.0. The average molecular weight is 183 g/mol. The lowest BCUT2D eigenvalue weighted by Gasteiger charge is -2.10. The first-order valence-electron chi connectivity index (χ1n) is 3.77. The van der Waals surface area contributed by atoms with E-state index in [1.807, 2.05) is 0 Å². The molecule has 1 aromatic carbocycles. The number of carboxylic acids is 1. The van der Waals surface area contributed by atoms with E-state index in [2.05, 4.69) is 0 Å². The molecule has 0 aliphatic heterocycles. The SMILES string of the molecule is Cc1c(F)cccc1C(N)C(=O)O. The molecule has 0 fully saturated rings. The van der Waals surface area contributed by atoms with E-state index in [-0.39, 0.29) is 5.56 Å². The second-order valence-electron chi connectivity index (χ2n) is 2.77. The van der Waals surface area contributed by atoms with E-state index in [1.165, 1.54) is 25.1 Å². The van der Waals surface area contributed by atoms with Crippen molar-refractivity contribution < 1.29 is 14.3 Å². The molecule has 1 unspecified atom stereocenters. The summed E-state index contributed by atoms with van der Waals surface area (Å²) < 4.78 is 13.0. The van der Waals surface area contributed by atoms with Crippen LogP contribution in [-0.2, 0) is 4.79 Å². The fourth-order valence-corrected chi connectivity index (χ4v) is 1.09. The first kappa shape index (κ1) is 9.67. The molecule has 0 radical (unpaired) electrons. The van der Waals surface area contributed by atoms with Crippen LogP contribution in [0.1, 0.15) is 17.2 Å². The van der Waals surface area contributed by atoms with Crippen molar-refractivity contribution in [2.75, 3.05) is 0 Å².